The molecule has 7 N–H and O–H groups in total. The molecule has 0 aliphatic carbocycles. The van der Waals surface area contributed by atoms with E-state index in [0.29, 0.717) is 63.9 Å². The zero-order chi connectivity index (χ0) is 41.8. The molecule has 1 fully saturated rings. The fourth-order valence-electron chi connectivity index (χ4n) is 5.70. The van der Waals surface area contributed by atoms with Crippen molar-refractivity contribution in [3.05, 3.63) is 33.2 Å². The molecule has 17 nitrogen and oxygen atoms in total. The van der Waals surface area contributed by atoms with Gasteiger partial charge in [0.1, 0.15) is 33.0 Å². The number of hydrogen-bond acceptors (Lipinski definition) is 12. The van der Waals surface area contributed by atoms with E-state index in [4.69, 9.17) is 28.7 Å². The highest BCUT2D eigenvalue weighted by Gasteiger charge is 2.45. The first-order valence-corrected chi connectivity index (χ1v) is 21.7. The fourth-order valence-corrected chi connectivity index (χ4v) is 7.06. The first kappa shape index (κ1) is 48.1. The number of carbonyl (C=O) groups excluding carboxylic acids is 4. The largest absolute Gasteiger partial charge is 0.462 e. The average molecular weight is 944 g/mol. The summed E-state index contributed by atoms with van der Waals surface area (Å²) in [6.45, 7) is 9.00. The van der Waals surface area contributed by atoms with Gasteiger partial charge in [0.2, 0.25) is 18.1 Å². The van der Waals surface area contributed by atoms with E-state index in [9.17, 15) is 39.1 Å². The van der Waals surface area contributed by atoms with Gasteiger partial charge in [0, 0.05) is 25.2 Å². The van der Waals surface area contributed by atoms with E-state index in [1.54, 1.807) is 12.1 Å². The number of aliphatic hydroxyl groups excluding tert-OH is 3. The summed E-state index contributed by atoms with van der Waals surface area (Å²) in [7, 11) is -4.38. The van der Waals surface area contributed by atoms with Crippen molar-refractivity contribution in [3.8, 4) is 5.75 Å². The van der Waals surface area contributed by atoms with Gasteiger partial charge in [0.15, 0.2) is 0 Å². The highest BCUT2D eigenvalue weighted by atomic mass is 79.9. The number of hydrogen-bond donors (Lipinski definition) is 7. The highest BCUT2D eigenvalue weighted by Crippen LogP contribution is 2.37. The van der Waals surface area contributed by atoms with Crippen LogP contribution >= 0.6 is 39.5 Å². The van der Waals surface area contributed by atoms with Crippen molar-refractivity contribution >= 4 is 68.8 Å². The maximum absolute atomic E-state index is 12.6. The van der Waals surface area contributed by atoms with Crippen LogP contribution in [-0.4, -0.2) is 128 Å². The highest BCUT2D eigenvalue weighted by molar-refractivity contribution is 9.14. The monoisotopic (exact) mass is 941 g/mol. The molecule has 1 saturated heterocycles. The molecule has 0 bridgehead atoms. The molecule has 316 valence electrons. The van der Waals surface area contributed by atoms with Gasteiger partial charge < -0.3 is 54.7 Å². The zero-order valence-corrected chi connectivity index (χ0v) is 36.0. The topological polar surface area (TPSA) is 251 Å². The number of imide groups is 1. The number of halogens is 2. The molecular formula is C36H54Br2N3O14P. The van der Waals surface area contributed by atoms with E-state index >= 15 is 0 Å². The van der Waals surface area contributed by atoms with Gasteiger partial charge in [-0.2, -0.15) is 0 Å². The molecule has 56 heavy (non-hydrogen) atoms. The quantitative estimate of drug-likeness (QED) is 0.0473. The second-order valence-electron chi connectivity index (χ2n) is 14.9. The van der Waals surface area contributed by atoms with Crippen LogP contribution in [0.1, 0.15) is 79.1 Å². The summed E-state index contributed by atoms with van der Waals surface area (Å²) in [6.07, 6.45) is -4.81. The number of benzene rings is 1. The summed E-state index contributed by atoms with van der Waals surface area (Å²) < 4.78 is 34.9. The Kier molecular flexibility index (Phi) is 18.6. The number of ether oxygens (including phenoxy) is 4. The standard InChI is InChI=1S/C36H54Br2N3O14P/c1-35(2,15-17-39-25(42)8-6-5-7-18-41-32(47)27(37)28(38)33(41)48)53-20-16-36(3,4)52-19-13-26(43)40-22-9-11-23(12-10-22)54-34-31(46)30(45)29(44)24(55-34)14-21-56(49,50)51/h9-12,24,29-31,34,44-46H,5-8,13-21H2,1-4H3,(H,39,42)(H,40,43)(H2,49,50,51)/t24-,29-,30+,31+,34+/m1/s1. The molecule has 0 spiro atoms. The molecule has 2 heterocycles. The van der Waals surface area contributed by atoms with Gasteiger partial charge in [-0.3, -0.25) is 28.6 Å². The molecule has 5 atom stereocenters. The van der Waals surface area contributed by atoms with Crippen LogP contribution in [0.3, 0.4) is 0 Å². The second-order valence-corrected chi connectivity index (χ2v) is 18.3. The predicted octanol–water partition coefficient (Wildman–Crippen LogP) is 3.19. The van der Waals surface area contributed by atoms with Crippen LogP contribution in [0.2, 0.25) is 0 Å². The van der Waals surface area contributed by atoms with Gasteiger partial charge in [0.05, 0.1) is 43.1 Å². The number of unbranched alkanes of at least 4 members (excludes halogenated alkanes) is 2. The van der Waals surface area contributed by atoms with Crippen molar-refractivity contribution in [2.75, 3.05) is 37.8 Å². The normalized spacial score (nSPS) is 22.1. The molecule has 0 unspecified atom stereocenters. The van der Waals surface area contributed by atoms with Crippen molar-refractivity contribution in [1.82, 2.24) is 10.2 Å². The first-order valence-electron chi connectivity index (χ1n) is 18.4. The Labute approximate surface area is 343 Å². The van der Waals surface area contributed by atoms with Crippen LogP contribution in [0.15, 0.2) is 33.2 Å². The predicted molar refractivity (Wildman–Crippen MR) is 211 cm³/mol. The SMILES string of the molecule is CC(C)(CCNC(=O)CCCCCN1C(=O)C(Br)=C(Br)C1=O)OCCC(C)(C)OCCC(=O)Nc1ccc(O[C@H]2O[C@H](CCP(=O)(O)O)[C@@H](O)[C@H](O)[C@@H]2O)cc1. The zero-order valence-electron chi connectivity index (χ0n) is 31.9. The second kappa shape index (κ2) is 21.6. The number of anilines is 1. The Morgan fingerprint density at radius 1 is 0.839 bits per heavy atom. The summed E-state index contributed by atoms with van der Waals surface area (Å²) >= 11 is 6.21. The van der Waals surface area contributed by atoms with E-state index in [-0.39, 0.29) is 57.8 Å². The minimum atomic E-state index is -4.38. The number of amides is 4. The molecule has 0 aromatic heterocycles. The minimum absolute atomic E-state index is 0.0738. The molecule has 3 rings (SSSR count). The summed E-state index contributed by atoms with van der Waals surface area (Å²) in [5.74, 6) is -0.881. The third-order valence-corrected chi connectivity index (χ3v) is 12.0. The average Bonchev–Trinajstić information content (AvgIpc) is 3.29. The van der Waals surface area contributed by atoms with E-state index in [2.05, 4.69) is 42.5 Å². The van der Waals surface area contributed by atoms with E-state index in [1.165, 1.54) is 17.0 Å². The van der Waals surface area contributed by atoms with Gasteiger partial charge in [-0.25, -0.2) is 0 Å². The lowest BCUT2D eigenvalue weighted by atomic mass is 9.97. The fraction of sp³-hybridized carbons (Fsp3) is 0.667. The molecule has 4 amide bonds. The van der Waals surface area contributed by atoms with Gasteiger partial charge in [-0.15, -0.1) is 0 Å². The van der Waals surface area contributed by atoms with Crippen molar-refractivity contribution < 1.29 is 67.8 Å². The molecule has 1 aromatic rings. The van der Waals surface area contributed by atoms with Crippen LogP contribution in [-0.2, 0) is 38.0 Å². The van der Waals surface area contributed by atoms with Crippen molar-refractivity contribution in [2.24, 2.45) is 0 Å². The van der Waals surface area contributed by atoms with Gasteiger partial charge >= 0.3 is 7.60 Å². The molecule has 20 heteroatoms. The summed E-state index contributed by atoms with van der Waals surface area (Å²) in [5, 5.41) is 36.4. The maximum Gasteiger partial charge on any atom is 0.325 e. The van der Waals surface area contributed by atoms with Crippen LogP contribution in [0, 0.1) is 0 Å². The molecule has 2 aliphatic heterocycles. The van der Waals surface area contributed by atoms with Gasteiger partial charge in [-0.05, 0) is 116 Å². The molecule has 2 aliphatic rings. The van der Waals surface area contributed by atoms with Crippen LogP contribution in [0.25, 0.3) is 0 Å². The van der Waals surface area contributed by atoms with E-state index in [1.807, 2.05) is 27.7 Å². The minimum Gasteiger partial charge on any atom is -0.462 e. The van der Waals surface area contributed by atoms with Crippen molar-refractivity contribution in [1.29, 1.82) is 0 Å². The smallest absolute Gasteiger partial charge is 0.325 e. The van der Waals surface area contributed by atoms with Gasteiger partial charge in [0.25, 0.3) is 11.8 Å². The number of aliphatic hydroxyl groups is 3. The Morgan fingerprint density at radius 2 is 1.45 bits per heavy atom. The molecular weight excluding hydrogens is 889 g/mol. The third kappa shape index (κ3) is 15.8. The van der Waals surface area contributed by atoms with Crippen molar-refractivity contribution in [2.45, 2.75) is 121 Å². The van der Waals surface area contributed by atoms with Crippen LogP contribution < -0.4 is 15.4 Å². The summed E-state index contributed by atoms with van der Waals surface area (Å²) in [5.41, 5.74) is -0.621. The number of nitrogens with one attached hydrogen (secondary N) is 2. The Hall–Kier alpha value is -2.29. The number of nitrogens with zero attached hydrogens (tertiary/aromatic N) is 1. The number of rotatable bonds is 23. The Morgan fingerprint density at radius 3 is 2.07 bits per heavy atom. The molecule has 0 saturated carbocycles. The maximum atomic E-state index is 12.6. The van der Waals surface area contributed by atoms with Crippen LogP contribution in [0.4, 0.5) is 5.69 Å². The molecule has 1 aromatic carbocycles. The lowest BCUT2D eigenvalue weighted by molar-refractivity contribution is -0.272. The lowest BCUT2D eigenvalue weighted by Gasteiger charge is -2.40. The lowest BCUT2D eigenvalue weighted by Crippen LogP contribution is -2.59. The first-order chi connectivity index (χ1) is 26.1. The van der Waals surface area contributed by atoms with Gasteiger partial charge in [-0.1, -0.05) is 6.42 Å². The van der Waals surface area contributed by atoms with E-state index in [0.717, 1.165) is 0 Å². The van der Waals surface area contributed by atoms with Crippen molar-refractivity contribution in [3.63, 3.8) is 0 Å². The van der Waals surface area contributed by atoms with Crippen LogP contribution in [0.5, 0.6) is 5.75 Å². The summed E-state index contributed by atoms with van der Waals surface area (Å²) in [6, 6.07) is 6.10. The Bertz CT molecular complexity index is 1560. The molecule has 0 radical (unpaired) electrons. The number of carbonyl (C=O) groups is 4. The third-order valence-electron chi connectivity index (χ3n) is 9.18. The summed E-state index contributed by atoms with van der Waals surface area (Å²) in [4.78, 5) is 68.5. The van der Waals surface area contributed by atoms with E-state index < -0.39 is 55.7 Å². The Balaban J connectivity index is 1.27.